The van der Waals surface area contributed by atoms with Crippen LogP contribution < -0.4 is 5.32 Å². The first-order chi connectivity index (χ1) is 9.69. The van der Waals surface area contributed by atoms with E-state index >= 15 is 0 Å². The molecule has 0 heterocycles. The van der Waals surface area contributed by atoms with Gasteiger partial charge in [-0.1, -0.05) is 36.6 Å². The largest absolute Gasteiger partial charge is 0.444 e. The zero-order valence-electron chi connectivity index (χ0n) is 14.9. The smallest absolute Gasteiger partial charge is 0.407 e. The normalized spacial score (nSPS) is 13.8. The summed E-state index contributed by atoms with van der Waals surface area (Å²) < 4.78 is 5.21. The molecule has 0 fully saturated rings. The van der Waals surface area contributed by atoms with Crippen molar-refractivity contribution in [2.24, 2.45) is 0 Å². The summed E-state index contributed by atoms with van der Waals surface area (Å²) in [6.07, 6.45) is 6.08. The second kappa shape index (κ2) is 9.64. The Morgan fingerprint density at radius 2 is 1.76 bits per heavy atom. The second-order valence-electron chi connectivity index (χ2n) is 6.51. The van der Waals surface area contributed by atoms with Crippen LogP contribution >= 0.6 is 0 Å². The fourth-order valence-corrected chi connectivity index (χ4v) is 1.88. The number of allylic oxidation sites excluding steroid dienone is 4. The molecule has 0 saturated carbocycles. The Morgan fingerprint density at radius 3 is 2.24 bits per heavy atom. The van der Waals surface area contributed by atoms with E-state index in [2.05, 4.69) is 39.1 Å². The minimum absolute atomic E-state index is 0.331. The molecule has 0 radical (unpaired) electrons. The first-order valence-electron chi connectivity index (χ1n) is 8.02. The molecule has 0 unspecified atom stereocenters. The van der Waals surface area contributed by atoms with Crippen LogP contribution in [0.1, 0.15) is 74.1 Å². The molecule has 0 aromatic carbocycles. The predicted octanol–water partition coefficient (Wildman–Crippen LogP) is 5.37. The summed E-state index contributed by atoms with van der Waals surface area (Å²) in [7, 11) is 0. The van der Waals surface area contributed by atoms with Crippen molar-refractivity contribution in [1.29, 1.82) is 0 Å². The molecule has 1 amide bonds. The Morgan fingerprint density at radius 1 is 1.14 bits per heavy atom. The molecular weight excluding hydrogens is 262 g/mol. The van der Waals surface area contributed by atoms with E-state index in [0.717, 1.165) is 25.7 Å². The molecule has 3 heteroatoms. The van der Waals surface area contributed by atoms with E-state index in [1.165, 1.54) is 16.7 Å². The molecule has 0 saturated heterocycles. The average Bonchev–Trinajstić information content (AvgIpc) is 2.38. The minimum atomic E-state index is -0.432. The van der Waals surface area contributed by atoms with E-state index in [1.54, 1.807) is 0 Å². The number of rotatable bonds is 7. The van der Waals surface area contributed by atoms with E-state index in [4.69, 9.17) is 4.74 Å². The number of carbonyl (C=O) groups is 1. The molecule has 0 aliphatic rings. The maximum absolute atomic E-state index is 11.5. The van der Waals surface area contributed by atoms with Crippen molar-refractivity contribution in [1.82, 2.24) is 5.32 Å². The average molecular weight is 295 g/mol. The van der Waals surface area contributed by atoms with Gasteiger partial charge < -0.3 is 10.1 Å². The Kier molecular flexibility index (Phi) is 9.07. The number of carbonyl (C=O) groups excluding carboxylic acids is 1. The van der Waals surface area contributed by atoms with Crippen LogP contribution in [0.3, 0.4) is 0 Å². The summed E-state index contributed by atoms with van der Waals surface area (Å²) in [5.41, 5.74) is 3.81. The zero-order valence-corrected chi connectivity index (χ0v) is 14.9. The van der Waals surface area contributed by atoms with Crippen molar-refractivity contribution in [3.05, 3.63) is 22.8 Å². The number of alkyl carbamates (subject to hydrolysis) is 1. The lowest BCUT2D eigenvalue weighted by Gasteiger charge is -2.19. The van der Waals surface area contributed by atoms with E-state index < -0.39 is 5.60 Å². The summed E-state index contributed by atoms with van der Waals surface area (Å²) in [6.45, 7) is 15.0. The number of hydrogen-bond acceptors (Lipinski definition) is 2. The molecule has 0 aromatic heterocycles. The molecule has 1 N–H and O–H groups in total. The summed E-state index contributed by atoms with van der Waals surface area (Å²) >= 11 is 0. The lowest BCUT2D eigenvalue weighted by atomic mass is 10.0. The van der Waals surface area contributed by atoms with Crippen molar-refractivity contribution in [3.63, 3.8) is 0 Å². The first-order valence-corrected chi connectivity index (χ1v) is 8.02. The van der Waals surface area contributed by atoms with Gasteiger partial charge in [-0.25, -0.2) is 4.79 Å². The second-order valence-corrected chi connectivity index (χ2v) is 6.51. The van der Waals surface area contributed by atoms with Gasteiger partial charge in [0.05, 0.1) is 0 Å². The lowest BCUT2D eigenvalue weighted by Crippen LogP contribution is -2.33. The van der Waals surface area contributed by atoms with Crippen LogP contribution in [-0.4, -0.2) is 18.2 Å². The van der Waals surface area contributed by atoms with E-state index in [9.17, 15) is 4.79 Å². The molecule has 0 spiro atoms. The molecular formula is C18H33NO2. The Bertz CT molecular complexity index is 387. The van der Waals surface area contributed by atoms with Crippen LogP contribution in [0, 0.1) is 0 Å². The highest BCUT2D eigenvalue weighted by Gasteiger charge is 2.15. The van der Waals surface area contributed by atoms with Crippen LogP contribution in [0.4, 0.5) is 4.79 Å². The van der Waals surface area contributed by atoms with Crippen molar-refractivity contribution in [2.45, 2.75) is 79.8 Å². The van der Waals surface area contributed by atoms with Gasteiger partial charge in [0.25, 0.3) is 0 Å². The van der Waals surface area contributed by atoms with Gasteiger partial charge in [-0.15, -0.1) is 0 Å². The minimum Gasteiger partial charge on any atom is -0.444 e. The first kappa shape index (κ1) is 19.8. The van der Waals surface area contributed by atoms with Gasteiger partial charge >= 0.3 is 6.09 Å². The zero-order chi connectivity index (χ0) is 16.5. The fraction of sp³-hybridized carbons (Fsp3) is 0.722. The van der Waals surface area contributed by atoms with Crippen molar-refractivity contribution >= 4 is 6.09 Å². The maximum atomic E-state index is 11.5. The molecule has 0 bridgehead atoms. The third-order valence-electron chi connectivity index (χ3n) is 3.42. The van der Waals surface area contributed by atoms with Crippen LogP contribution in [0.2, 0.25) is 0 Å². The molecule has 0 rings (SSSR count). The van der Waals surface area contributed by atoms with Crippen molar-refractivity contribution in [2.75, 3.05) is 6.54 Å². The third kappa shape index (κ3) is 10.2. The van der Waals surface area contributed by atoms with Gasteiger partial charge in [0.2, 0.25) is 0 Å². The molecule has 3 nitrogen and oxygen atoms in total. The molecule has 0 atom stereocenters. The highest BCUT2D eigenvalue weighted by molar-refractivity contribution is 5.67. The number of ether oxygens (including phenoxy) is 1. The van der Waals surface area contributed by atoms with E-state index in [1.807, 2.05) is 20.8 Å². The molecule has 21 heavy (non-hydrogen) atoms. The monoisotopic (exact) mass is 295 g/mol. The quantitative estimate of drug-likeness (QED) is 0.506. The number of nitrogens with one attached hydrogen (secondary N) is 1. The summed E-state index contributed by atoms with van der Waals surface area (Å²) in [4.78, 5) is 11.5. The van der Waals surface area contributed by atoms with Gasteiger partial charge in [-0.2, -0.15) is 0 Å². The standard InChI is InChI=1S/C18H33NO2/c1-8-14(3)15(4)13-16(9-2)11-10-12-19-17(20)21-18(5,6)7/h13H,8-12H2,1-7H3,(H,19,20)/b15-14-,16-13+. The maximum Gasteiger partial charge on any atom is 0.407 e. The SMILES string of the molecule is CC/C(C)=C(C)\C=C(/CC)CCCNC(=O)OC(C)(C)C. The van der Waals surface area contributed by atoms with Gasteiger partial charge in [0.15, 0.2) is 0 Å². The van der Waals surface area contributed by atoms with E-state index in [-0.39, 0.29) is 6.09 Å². The predicted molar refractivity (Wildman–Crippen MR) is 90.5 cm³/mol. The van der Waals surface area contributed by atoms with Gasteiger partial charge in [-0.05, 0) is 60.3 Å². The van der Waals surface area contributed by atoms with Crippen LogP contribution in [0.25, 0.3) is 0 Å². The van der Waals surface area contributed by atoms with Gasteiger partial charge in [0.1, 0.15) is 5.60 Å². The summed E-state index contributed by atoms with van der Waals surface area (Å²) in [6, 6.07) is 0. The molecule has 122 valence electrons. The Balaban J connectivity index is 4.20. The topological polar surface area (TPSA) is 38.3 Å². The highest BCUT2D eigenvalue weighted by Crippen LogP contribution is 2.16. The number of hydrogen-bond donors (Lipinski definition) is 1. The van der Waals surface area contributed by atoms with Crippen LogP contribution in [0.5, 0.6) is 0 Å². The van der Waals surface area contributed by atoms with Crippen molar-refractivity contribution in [3.8, 4) is 0 Å². The van der Waals surface area contributed by atoms with Gasteiger partial charge in [0, 0.05) is 6.54 Å². The molecule has 0 aliphatic heterocycles. The Labute approximate surface area is 130 Å². The fourth-order valence-electron chi connectivity index (χ4n) is 1.88. The van der Waals surface area contributed by atoms with Crippen LogP contribution in [-0.2, 0) is 4.74 Å². The van der Waals surface area contributed by atoms with Crippen molar-refractivity contribution < 1.29 is 9.53 Å². The summed E-state index contributed by atoms with van der Waals surface area (Å²) in [5.74, 6) is 0. The molecule has 0 aromatic rings. The van der Waals surface area contributed by atoms with Crippen LogP contribution in [0.15, 0.2) is 22.8 Å². The number of amides is 1. The van der Waals surface area contributed by atoms with E-state index in [0.29, 0.717) is 6.54 Å². The Hall–Kier alpha value is -1.25. The lowest BCUT2D eigenvalue weighted by molar-refractivity contribution is 0.0527. The van der Waals surface area contributed by atoms with Gasteiger partial charge in [-0.3, -0.25) is 0 Å². The third-order valence-corrected chi connectivity index (χ3v) is 3.42. The summed E-state index contributed by atoms with van der Waals surface area (Å²) in [5, 5.41) is 2.81. The molecule has 0 aliphatic carbocycles. The highest BCUT2D eigenvalue weighted by atomic mass is 16.6.